The second-order valence-electron chi connectivity index (χ2n) is 14.8. The molecule has 2 aliphatic rings. The minimum absolute atomic E-state index is 0.206. The summed E-state index contributed by atoms with van der Waals surface area (Å²) in [4.78, 5) is 60.1. The molecule has 2 amide bonds. The SMILES string of the molecule is N[C@@H](Cc1ccccc1)C(=O)N[C@@H](Cc1ccccc1)C(=O)N[C@@H](Cc1ccccc1)C(=O)c1c2nc(cc3ccc(cc4nc(cc5ccc1[nH]5)CC4)[nH]3)CC2. The van der Waals surface area contributed by atoms with E-state index in [1.165, 1.54) is 0 Å². The molecule has 0 radical (unpaired) electrons. The fraction of sp³-hybridized carbons (Fsp3) is 0.213. The largest absolute Gasteiger partial charge is 0.355 e. The maximum Gasteiger partial charge on any atom is 0.243 e. The maximum atomic E-state index is 15.2. The summed E-state index contributed by atoms with van der Waals surface area (Å²) in [6, 6.07) is 39.8. The first kappa shape index (κ1) is 37.3. The number of Topliss-reactive ketones (excluding diaryl/α,β-unsaturated/α-hetero) is 1. The van der Waals surface area contributed by atoms with Crippen LogP contribution in [0.15, 0.2) is 133 Å². The molecule has 0 saturated heterocycles. The Labute approximate surface area is 331 Å². The van der Waals surface area contributed by atoms with E-state index in [1.54, 1.807) is 0 Å². The monoisotopic (exact) mass is 755 g/mol. The van der Waals surface area contributed by atoms with Gasteiger partial charge in [0.2, 0.25) is 11.8 Å². The highest BCUT2D eigenvalue weighted by Crippen LogP contribution is 2.23. The van der Waals surface area contributed by atoms with Gasteiger partial charge in [-0.3, -0.25) is 24.4 Å². The summed E-state index contributed by atoms with van der Waals surface area (Å²) in [5.41, 5.74) is 16.2. The van der Waals surface area contributed by atoms with Crippen LogP contribution < -0.4 is 16.4 Å². The van der Waals surface area contributed by atoms with Crippen LogP contribution in [0.1, 0.15) is 49.8 Å². The molecule has 10 nitrogen and oxygen atoms in total. The third-order valence-electron chi connectivity index (χ3n) is 10.5. The number of nitrogens with two attached hydrogens (primary N) is 1. The first-order valence-electron chi connectivity index (χ1n) is 19.5. The number of benzene rings is 3. The van der Waals surface area contributed by atoms with Gasteiger partial charge in [-0.05, 0) is 91.3 Å². The summed E-state index contributed by atoms with van der Waals surface area (Å²) >= 11 is 0. The van der Waals surface area contributed by atoms with Crippen molar-refractivity contribution in [3.63, 3.8) is 0 Å². The Balaban J connectivity index is 1.18. The molecule has 286 valence electrons. The zero-order valence-corrected chi connectivity index (χ0v) is 31.6. The Kier molecular flexibility index (Phi) is 11.1. The van der Waals surface area contributed by atoms with Crippen molar-refractivity contribution in [1.82, 2.24) is 30.6 Å². The van der Waals surface area contributed by atoms with Crippen LogP contribution in [0.25, 0.3) is 22.1 Å². The number of amides is 2. The first-order valence-corrected chi connectivity index (χ1v) is 19.5. The van der Waals surface area contributed by atoms with Crippen molar-refractivity contribution >= 4 is 39.7 Å². The number of aromatic amines is 2. The highest BCUT2D eigenvalue weighted by molar-refractivity contribution is 6.08. The van der Waals surface area contributed by atoms with Crippen molar-refractivity contribution in [2.24, 2.45) is 5.73 Å². The predicted octanol–water partition coefficient (Wildman–Crippen LogP) is 6.09. The number of rotatable bonds is 12. The van der Waals surface area contributed by atoms with Crippen molar-refractivity contribution < 1.29 is 14.4 Å². The third-order valence-corrected chi connectivity index (χ3v) is 10.5. The standard InChI is InChI=1S/C47H45N7O3/c48-39(24-30-10-4-1-5-11-30)46(56)54-43(26-32-14-8-3-9-15-32)47(57)53-42(25-31-12-6-2-7-13-31)45(55)44-40-22-20-37(51-40)28-35-18-16-33(49-35)27-34-17-19-36(50-34)29-38-21-23-41(44)52-38/h1-16,18,21,23,27-29,39,42-43,49,52H,17,19-20,22,24-26,48H2,(H,53,57)(H,54,56)/t39-,42-,43-/m0/s1. The molecular weight excluding hydrogens is 711 g/mol. The molecule has 3 aromatic heterocycles. The Morgan fingerprint density at radius 1 is 0.544 bits per heavy atom. The van der Waals surface area contributed by atoms with Crippen LogP contribution in [-0.4, -0.2) is 55.7 Å². The molecule has 3 atom stereocenters. The van der Waals surface area contributed by atoms with E-state index in [4.69, 9.17) is 15.7 Å². The molecule has 57 heavy (non-hydrogen) atoms. The van der Waals surface area contributed by atoms with E-state index in [1.807, 2.05) is 127 Å². The van der Waals surface area contributed by atoms with Gasteiger partial charge in [-0.15, -0.1) is 0 Å². The molecule has 6 aromatic rings. The number of hydrogen-bond acceptors (Lipinski definition) is 6. The molecule has 8 rings (SSSR count). The highest BCUT2D eigenvalue weighted by atomic mass is 16.2. The predicted molar refractivity (Wildman–Crippen MR) is 222 cm³/mol. The van der Waals surface area contributed by atoms with Gasteiger partial charge < -0.3 is 26.3 Å². The van der Waals surface area contributed by atoms with Gasteiger partial charge in [-0.1, -0.05) is 91.0 Å². The number of ketones is 1. The fourth-order valence-electron chi connectivity index (χ4n) is 7.59. The fourth-order valence-corrected chi connectivity index (χ4v) is 7.59. The molecule has 0 spiro atoms. The second-order valence-corrected chi connectivity index (χ2v) is 14.8. The van der Waals surface area contributed by atoms with E-state index in [0.717, 1.165) is 63.2 Å². The number of H-pyrrole nitrogens is 2. The van der Waals surface area contributed by atoms with E-state index in [2.05, 4.69) is 26.7 Å². The van der Waals surface area contributed by atoms with E-state index in [0.29, 0.717) is 36.0 Å². The minimum Gasteiger partial charge on any atom is -0.355 e. The Hall–Kier alpha value is -6.65. The summed E-state index contributed by atoms with van der Waals surface area (Å²) in [5.74, 6) is -1.22. The molecule has 5 heterocycles. The number of carbonyl (C=O) groups is 3. The molecule has 10 heteroatoms. The number of carbonyl (C=O) groups excluding carboxylic acids is 3. The quantitative estimate of drug-likeness (QED) is 0.0952. The summed E-state index contributed by atoms with van der Waals surface area (Å²) in [7, 11) is 0. The number of aryl methyl sites for hydroxylation is 4. The van der Waals surface area contributed by atoms with Crippen molar-refractivity contribution in [2.75, 3.05) is 0 Å². The van der Waals surface area contributed by atoms with Crippen molar-refractivity contribution in [2.45, 2.75) is 63.1 Å². The number of nitrogens with zero attached hydrogens (tertiary/aromatic N) is 2. The van der Waals surface area contributed by atoms with Gasteiger partial charge in [0.05, 0.1) is 28.9 Å². The highest BCUT2D eigenvalue weighted by Gasteiger charge is 2.31. The van der Waals surface area contributed by atoms with Crippen molar-refractivity contribution in [1.29, 1.82) is 0 Å². The summed E-state index contributed by atoms with van der Waals surface area (Å²) < 4.78 is 0. The maximum absolute atomic E-state index is 15.2. The average Bonchev–Trinajstić information content (AvgIpc) is 4.06. The number of fused-ring (bicyclic) bond motifs is 8. The molecule has 0 unspecified atom stereocenters. The molecule has 3 aromatic carbocycles. The van der Waals surface area contributed by atoms with Gasteiger partial charge in [0, 0.05) is 46.5 Å². The van der Waals surface area contributed by atoms with Crippen LogP contribution in [0.2, 0.25) is 0 Å². The zero-order chi connectivity index (χ0) is 39.1. The van der Waals surface area contributed by atoms with Crippen molar-refractivity contribution in [3.8, 4) is 0 Å². The lowest BCUT2D eigenvalue weighted by atomic mass is 9.95. The zero-order valence-electron chi connectivity index (χ0n) is 31.6. The molecule has 0 saturated carbocycles. The third kappa shape index (κ3) is 9.25. The minimum atomic E-state index is -1.00. The normalized spacial score (nSPS) is 14.0. The lowest BCUT2D eigenvalue weighted by Crippen LogP contribution is -2.56. The Bertz CT molecular complexity index is 2550. The lowest BCUT2D eigenvalue weighted by Gasteiger charge is -2.25. The number of nitrogens with one attached hydrogen (secondary N) is 4. The molecular formula is C47H45N7O3. The topological polar surface area (TPSA) is 159 Å². The number of aromatic nitrogens is 4. The van der Waals surface area contributed by atoms with Gasteiger partial charge >= 0.3 is 0 Å². The summed E-state index contributed by atoms with van der Waals surface area (Å²) in [6.07, 6.45) is 3.58. The Morgan fingerprint density at radius 3 is 1.61 bits per heavy atom. The molecule has 0 fully saturated rings. The average molecular weight is 756 g/mol. The lowest BCUT2D eigenvalue weighted by molar-refractivity contribution is -0.129. The van der Waals surface area contributed by atoms with Gasteiger partial charge in [0.25, 0.3) is 0 Å². The van der Waals surface area contributed by atoms with E-state index >= 15 is 4.79 Å². The van der Waals surface area contributed by atoms with Gasteiger partial charge in [0.1, 0.15) is 6.04 Å². The van der Waals surface area contributed by atoms with Gasteiger partial charge in [-0.2, -0.15) is 0 Å². The van der Waals surface area contributed by atoms with Crippen LogP contribution in [-0.2, 0) is 54.5 Å². The van der Waals surface area contributed by atoms with E-state index < -0.39 is 29.9 Å². The Morgan fingerprint density at radius 2 is 1.02 bits per heavy atom. The molecule has 8 bridgehead atoms. The molecule has 0 aliphatic carbocycles. The van der Waals surface area contributed by atoms with Crippen LogP contribution >= 0.6 is 0 Å². The second kappa shape index (κ2) is 17.0. The van der Waals surface area contributed by atoms with Crippen LogP contribution in [0.5, 0.6) is 0 Å². The van der Waals surface area contributed by atoms with E-state index in [9.17, 15) is 9.59 Å². The van der Waals surface area contributed by atoms with Crippen LogP contribution in [0.3, 0.4) is 0 Å². The molecule has 2 aliphatic heterocycles. The first-order chi connectivity index (χ1) is 27.8. The van der Waals surface area contributed by atoms with Crippen molar-refractivity contribution in [3.05, 3.63) is 178 Å². The van der Waals surface area contributed by atoms with Crippen LogP contribution in [0, 0.1) is 0 Å². The molecule has 6 N–H and O–H groups in total. The smallest absolute Gasteiger partial charge is 0.243 e. The van der Waals surface area contributed by atoms with Crippen LogP contribution in [0.4, 0.5) is 0 Å². The van der Waals surface area contributed by atoms with Gasteiger partial charge in [0.15, 0.2) is 5.78 Å². The number of hydrogen-bond donors (Lipinski definition) is 5. The van der Waals surface area contributed by atoms with Gasteiger partial charge in [-0.25, -0.2) is 0 Å². The van der Waals surface area contributed by atoms with E-state index in [-0.39, 0.29) is 18.6 Å². The summed E-state index contributed by atoms with van der Waals surface area (Å²) in [5, 5.41) is 6.02. The summed E-state index contributed by atoms with van der Waals surface area (Å²) in [6.45, 7) is 0.